The van der Waals surface area contributed by atoms with Gasteiger partial charge in [0, 0.05) is 11.1 Å². The topological polar surface area (TPSA) is 59.1 Å². The molecule has 0 saturated carbocycles. The van der Waals surface area contributed by atoms with E-state index in [-0.39, 0.29) is 22.1 Å². The first-order valence-corrected chi connectivity index (χ1v) is 3.78. The number of aliphatic hydroxyl groups is 1. The first kappa shape index (κ1) is 10.1. The molecule has 13 heavy (non-hydrogen) atoms. The summed E-state index contributed by atoms with van der Waals surface area (Å²) in [6.45, 7) is -0.574. The predicted molar refractivity (Wildman–Crippen MR) is 44.5 cm³/mol. The number of alkyl halides is 2. The molecule has 3 nitrogen and oxygen atoms in total. The van der Waals surface area contributed by atoms with Gasteiger partial charge in [0.25, 0.3) is 6.43 Å². The Labute approximate surface area is 78.1 Å². The number of nitrogens with two attached hydrogens (primary N) is 1. The van der Waals surface area contributed by atoms with Crippen molar-refractivity contribution in [3.05, 3.63) is 22.3 Å². The number of hydrogen-bond acceptors (Lipinski definition) is 3. The third-order valence-electron chi connectivity index (χ3n) is 1.55. The Kier molecular flexibility index (Phi) is 3.00. The van der Waals surface area contributed by atoms with Crippen LogP contribution in [-0.4, -0.2) is 10.1 Å². The van der Waals surface area contributed by atoms with Gasteiger partial charge in [-0.2, -0.15) is 0 Å². The van der Waals surface area contributed by atoms with Crippen molar-refractivity contribution >= 4 is 17.4 Å². The van der Waals surface area contributed by atoms with E-state index in [0.717, 1.165) is 6.07 Å². The Balaban J connectivity index is 3.29. The van der Waals surface area contributed by atoms with E-state index in [1.54, 1.807) is 0 Å². The summed E-state index contributed by atoms with van der Waals surface area (Å²) in [6, 6.07) is 0.994. The SMILES string of the molecule is Nc1nc(Cl)cc(C(F)F)c1CO. The maximum Gasteiger partial charge on any atom is 0.264 e. The van der Waals surface area contributed by atoms with E-state index in [9.17, 15) is 8.78 Å². The average molecular weight is 209 g/mol. The Morgan fingerprint density at radius 1 is 1.62 bits per heavy atom. The summed E-state index contributed by atoms with van der Waals surface area (Å²) < 4.78 is 24.6. The monoisotopic (exact) mass is 208 g/mol. The van der Waals surface area contributed by atoms with Gasteiger partial charge in [-0.25, -0.2) is 13.8 Å². The number of pyridine rings is 1. The number of nitrogen functional groups attached to an aromatic ring is 1. The molecule has 1 rings (SSSR count). The van der Waals surface area contributed by atoms with Gasteiger partial charge in [0.05, 0.1) is 6.61 Å². The van der Waals surface area contributed by atoms with Gasteiger partial charge in [0.2, 0.25) is 0 Å². The zero-order chi connectivity index (χ0) is 10.0. The Bertz CT molecular complexity index is 320. The molecular weight excluding hydrogens is 202 g/mol. The highest BCUT2D eigenvalue weighted by Crippen LogP contribution is 2.28. The number of aromatic nitrogens is 1. The molecule has 72 valence electrons. The minimum atomic E-state index is -2.72. The standard InChI is InChI=1S/C7H7ClF2N2O/c8-5-1-3(6(9)10)4(2-13)7(11)12-5/h1,6,13H,2H2,(H2,11,12). The fraction of sp³-hybridized carbons (Fsp3) is 0.286. The number of nitrogens with zero attached hydrogens (tertiary/aromatic N) is 1. The van der Waals surface area contributed by atoms with E-state index in [2.05, 4.69) is 4.98 Å². The van der Waals surface area contributed by atoms with Gasteiger partial charge in [0.1, 0.15) is 11.0 Å². The molecule has 0 aromatic carbocycles. The van der Waals surface area contributed by atoms with Crippen LogP contribution in [0.1, 0.15) is 17.6 Å². The third-order valence-corrected chi connectivity index (χ3v) is 1.75. The van der Waals surface area contributed by atoms with Gasteiger partial charge in [-0.15, -0.1) is 0 Å². The molecule has 1 aromatic heterocycles. The highest BCUT2D eigenvalue weighted by Gasteiger charge is 2.16. The summed E-state index contributed by atoms with van der Waals surface area (Å²) in [7, 11) is 0. The van der Waals surface area contributed by atoms with E-state index in [0.29, 0.717) is 0 Å². The molecule has 0 radical (unpaired) electrons. The summed E-state index contributed by atoms with van der Waals surface area (Å²) in [6.07, 6.45) is -2.72. The minimum absolute atomic E-state index is 0.0700. The van der Waals surface area contributed by atoms with E-state index in [4.69, 9.17) is 22.4 Å². The second kappa shape index (κ2) is 3.85. The predicted octanol–water partition coefficient (Wildman–Crippen LogP) is 1.75. The molecule has 0 aliphatic carbocycles. The van der Waals surface area contributed by atoms with Crippen LogP contribution in [0.4, 0.5) is 14.6 Å². The van der Waals surface area contributed by atoms with Crippen LogP contribution in [0, 0.1) is 0 Å². The molecule has 0 amide bonds. The summed E-state index contributed by atoms with van der Waals surface area (Å²) in [5.74, 6) is -0.162. The lowest BCUT2D eigenvalue weighted by Gasteiger charge is -2.08. The van der Waals surface area contributed by atoms with Crippen LogP contribution in [0.25, 0.3) is 0 Å². The van der Waals surface area contributed by atoms with Crippen LogP contribution in [0.2, 0.25) is 5.15 Å². The van der Waals surface area contributed by atoms with Crippen molar-refractivity contribution in [3.63, 3.8) is 0 Å². The highest BCUT2D eigenvalue weighted by atomic mass is 35.5. The second-order valence-corrected chi connectivity index (χ2v) is 2.74. The van der Waals surface area contributed by atoms with Crippen LogP contribution in [0.15, 0.2) is 6.07 Å². The van der Waals surface area contributed by atoms with Crippen LogP contribution in [0.3, 0.4) is 0 Å². The van der Waals surface area contributed by atoms with E-state index < -0.39 is 13.0 Å². The zero-order valence-corrected chi connectivity index (χ0v) is 7.22. The second-order valence-electron chi connectivity index (χ2n) is 2.36. The molecule has 0 fully saturated rings. The first-order valence-electron chi connectivity index (χ1n) is 3.40. The van der Waals surface area contributed by atoms with E-state index in [1.807, 2.05) is 0 Å². The van der Waals surface area contributed by atoms with Gasteiger partial charge >= 0.3 is 0 Å². The normalized spacial score (nSPS) is 10.8. The Morgan fingerprint density at radius 2 is 2.23 bits per heavy atom. The molecular formula is C7H7ClF2N2O. The minimum Gasteiger partial charge on any atom is -0.392 e. The molecule has 0 aliphatic heterocycles. The highest BCUT2D eigenvalue weighted by molar-refractivity contribution is 6.29. The van der Waals surface area contributed by atoms with Crippen LogP contribution >= 0.6 is 11.6 Å². The summed E-state index contributed by atoms with van der Waals surface area (Å²) in [5, 5.41) is 8.64. The Hall–Kier alpha value is -0.940. The number of hydrogen-bond donors (Lipinski definition) is 2. The number of halogens is 3. The average Bonchev–Trinajstić information content (AvgIpc) is 2.02. The van der Waals surface area contributed by atoms with E-state index in [1.165, 1.54) is 0 Å². The fourth-order valence-corrected chi connectivity index (χ4v) is 1.15. The van der Waals surface area contributed by atoms with Crippen molar-refractivity contribution in [2.75, 3.05) is 5.73 Å². The van der Waals surface area contributed by atoms with E-state index >= 15 is 0 Å². The molecule has 0 aliphatic rings. The maximum absolute atomic E-state index is 12.3. The largest absolute Gasteiger partial charge is 0.392 e. The lowest BCUT2D eigenvalue weighted by molar-refractivity contribution is 0.147. The molecule has 0 saturated heterocycles. The number of aliphatic hydroxyl groups excluding tert-OH is 1. The maximum atomic E-state index is 12.3. The molecule has 1 heterocycles. The van der Waals surface area contributed by atoms with Crippen molar-refractivity contribution in [3.8, 4) is 0 Å². The molecule has 1 aromatic rings. The van der Waals surface area contributed by atoms with Crippen LogP contribution < -0.4 is 5.73 Å². The van der Waals surface area contributed by atoms with Gasteiger partial charge in [0.15, 0.2) is 0 Å². The lowest BCUT2D eigenvalue weighted by Crippen LogP contribution is -2.03. The van der Waals surface area contributed by atoms with Crippen molar-refractivity contribution < 1.29 is 13.9 Å². The fourth-order valence-electron chi connectivity index (χ4n) is 0.945. The summed E-state index contributed by atoms with van der Waals surface area (Å²) in [4.78, 5) is 3.54. The van der Waals surface area contributed by atoms with Crippen molar-refractivity contribution in [2.24, 2.45) is 0 Å². The van der Waals surface area contributed by atoms with Gasteiger partial charge in [-0.05, 0) is 6.07 Å². The molecule has 0 bridgehead atoms. The lowest BCUT2D eigenvalue weighted by atomic mass is 10.1. The van der Waals surface area contributed by atoms with Crippen molar-refractivity contribution in [1.82, 2.24) is 4.98 Å². The third kappa shape index (κ3) is 2.05. The van der Waals surface area contributed by atoms with Crippen LogP contribution in [0.5, 0.6) is 0 Å². The van der Waals surface area contributed by atoms with Crippen molar-refractivity contribution in [2.45, 2.75) is 13.0 Å². The molecule has 0 spiro atoms. The number of rotatable bonds is 2. The number of anilines is 1. The molecule has 0 atom stereocenters. The molecule has 0 unspecified atom stereocenters. The Morgan fingerprint density at radius 3 is 2.69 bits per heavy atom. The molecule has 3 N–H and O–H groups in total. The smallest absolute Gasteiger partial charge is 0.264 e. The van der Waals surface area contributed by atoms with Gasteiger partial charge in [-0.3, -0.25) is 0 Å². The van der Waals surface area contributed by atoms with Crippen molar-refractivity contribution in [1.29, 1.82) is 0 Å². The quantitative estimate of drug-likeness (QED) is 0.728. The first-order chi connectivity index (χ1) is 6.06. The van der Waals surface area contributed by atoms with Gasteiger partial charge < -0.3 is 10.8 Å². The summed E-state index contributed by atoms with van der Waals surface area (Å²) >= 11 is 5.42. The summed E-state index contributed by atoms with van der Waals surface area (Å²) in [5.41, 5.74) is 4.84. The van der Waals surface area contributed by atoms with Gasteiger partial charge in [-0.1, -0.05) is 11.6 Å². The molecule has 6 heteroatoms. The zero-order valence-electron chi connectivity index (χ0n) is 6.47. The van der Waals surface area contributed by atoms with Crippen LogP contribution in [-0.2, 0) is 6.61 Å².